The molecule has 0 saturated carbocycles. The van der Waals surface area contributed by atoms with Crippen LogP contribution in [0.25, 0.3) is 0 Å². The predicted octanol–water partition coefficient (Wildman–Crippen LogP) is 1.26. The molecule has 1 unspecified atom stereocenters. The highest BCUT2D eigenvalue weighted by molar-refractivity contribution is 5.75. The lowest BCUT2D eigenvalue weighted by atomic mass is 10.1. The summed E-state index contributed by atoms with van der Waals surface area (Å²) in [7, 11) is 1.36. The van der Waals surface area contributed by atoms with Gasteiger partial charge in [-0.15, -0.1) is 0 Å². The molecular formula is C13H19NO3. The summed E-state index contributed by atoms with van der Waals surface area (Å²) in [5.74, 6) is -0.304. The van der Waals surface area contributed by atoms with E-state index in [2.05, 4.69) is 5.32 Å². The Balaban J connectivity index is 2.72. The van der Waals surface area contributed by atoms with E-state index in [0.717, 1.165) is 5.56 Å². The van der Waals surface area contributed by atoms with Crippen LogP contribution in [-0.4, -0.2) is 30.8 Å². The number of aliphatic hydroxyl groups is 1. The number of rotatable bonds is 6. The van der Waals surface area contributed by atoms with Gasteiger partial charge in [0.1, 0.15) is 6.04 Å². The summed E-state index contributed by atoms with van der Waals surface area (Å²) in [6, 6.07) is 8.90. The van der Waals surface area contributed by atoms with Crippen LogP contribution in [0.1, 0.15) is 24.9 Å². The summed E-state index contributed by atoms with van der Waals surface area (Å²) < 4.78 is 4.70. The molecule has 94 valence electrons. The van der Waals surface area contributed by atoms with Crippen molar-refractivity contribution in [1.29, 1.82) is 0 Å². The van der Waals surface area contributed by atoms with E-state index < -0.39 is 6.04 Å². The van der Waals surface area contributed by atoms with Crippen LogP contribution in [0.2, 0.25) is 0 Å². The summed E-state index contributed by atoms with van der Waals surface area (Å²) in [6.07, 6.45) is 0.621. The van der Waals surface area contributed by atoms with E-state index in [1.165, 1.54) is 7.11 Å². The molecule has 4 nitrogen and oxygen atoms in total. The van der Waals surface area contributed by atoms with Crippen LogP contribution < -0.4 is 5.32 Å². The average molecular weight is 237 g/mol. The minimum Gasteiger partial charge on any atom is -0.468 e. The zero-order chi connectivity index (χ0) is 12.7. The van der Waals surface area contributed by atoms with Crippen LogP contribution in [0.4, 0.5) is 0 Å². The SMILES string of the molecule is CCC(N[C@H](CO)c1ccccc1)C(=O)OC. The van der Waals surface area contributed by atoms with Gasteiger partial charge in [-0.2, -0.15) is 0 Å². The first-order valence-electron chi connectivity index (χ1n) is 5.72. The van der Waals surface area contributed by atoms with E-state index >= 15 is 0 Å². The second kappa shape index (κ2) is 7.04. The highest BCUT2D eigenvalue weighted by atomic mass is 16.5. The smallest absolute Gasteiger partial charge is 0.322 e. The van der Waals surface area contributed by atoms with Crippen molar-refractivity contribution >= 4 is 5.97 Å². The average Bonchev–Trinajstić information content (AvgIpc) is 2.40. The lowest BCUT2D eigenvalue weighted by molar-refractivity contribution is -0.143. The standard InChI is InChI=1S/C13H19NO3/c1-3-11(13(16)17-2)14-12(9-15)10-7-5-4-6-8-10/h4-8,11-12,14-15H,3,9H2,1-2H3/t11?,12-/m1/s1. The van der Waals surface area contributed by atoms with Gasteiger partial charge in [0.05, 0.1) is 19.8 Å². The molecule has 0 spiro atoms. The van der Waals surface area contributed by atoms with Gasteiger partial charge in [0.2, 0.25) is 0 Å². The second-order valence-electron chi connectivity index (χ2n) is 3.80. The first-order chi connectivity index (χ1) is 8.22. The normalized spacial score (nSPS) is 14.1. The Morgan fingerprint density at radius 2 is 2.06 bits per heavy atom. The van der Waals surface area contributed by atoms with Gasteiger partial charge in [0, 0.05) is 0 Å². The highest BCUT2D eigenvalue weighted by Gasteiger charge is 2.21. The molecule has 0 amide bonds. The molecule has 1 aromatic rings. The van der Waals surface area contributed by atoms with Gasteiger partial charge in [0.15, 0.2) is 0 Å². The van der Waals surface area contributed by atoms with Crippen LogP contribution in [-0.2, 0) is 9.53 Å². The molecule has 0 aliphatic carbocycles. The molecule has 0 radical (unpaired) electrons. The third kappa shape index (κ3) is 3.84. The van der Waals surface area contributed by atoms with Crippen molar-refractivity contribution in [3.05, 3.63) is 35.9 Å². The minimum atomic E-state index is -0.391. The predicted molar refractivity (Wildman–Crippen MR) is 65.5 cm³/mol. The van der Waals surface area contributed by atoms with Gasteiger partial charge in [-0.05, 0) is 12.0 Å². The van der Waals surface area contributed by atoms with Crippen LogP contribution in [0.15, 0.2) is 30.3 Å². The molecule has 0 aliphatic rings. The Bertz CT molecular complexity index is 340. The number of carbonyl (C=O) groups excluding carboxylic acids is 1. The largest absolute Gasteiger partial charge is 0.468 e. The number of nitrogens with one attached hydrogen (secondary N) is 1. The number of esters is 1. The molecule has 17 heavy (non-hydrogen) atoms. The fourth-order valence-electron chi connectivity index (χ4n) is 1.68. The van der Waals surface area contributed by atoms with Crippen LogP contribution in [0.5, 0.6) is 0 Å². The number of ether oxygens (including phenoxy) is 1. The zero-order valence-electron chi connectivity index (χ0n) is 10.2. The Hall–Kier alpha value is -1.39. The first kappa shape index (κ1) is 13.7. The van der Waals surface area contributed by atoms with Gasteiger partial charge in [-0.25, -0.2) is 0 Å². The summed E-state index contributed by atoms with van der Waals surface area (Å²) >= 11 is 0. The summed E-state index contributed by atoms with van der Waals surface area (Å²) in [4.78, 5) is 11.5. The highest BCUT2D eigenvalue weighted by Crippen LogP contribution is 2.13. The van der Waals surface area contributed by atoms with Crippen molar-refractivity contribution in [2.75, 3.05) is 13.7 Å². The lowest BCUT2D eigenvalue weighted by Crippen LogP contribution is -2.40. The van der Waals surface area contributed by atoms with E-state index in [9.17, 15) is 9.90 Å². The quantitative estimate of drug-likeness (QED) is 0.731. The van der Waals surface area contributed by atoms with E-state index in [0.29, 0.717) is 6.42 Å². The number of carbonyl (C=O) groups is 1. The van der Waals surface area contributed by atoms with Gasteiger partial charge >= 0.3 is 5.97 Å². The number of aliphatic hydroxyl groups excluding tert-OH is 1. The zero-order valence-corrected chi connectivity index (χ0v) is 10.2. The van der Waals surface area contributed by atoms with Crippen molar-refractivity contribution in [2.45, 2.75) is 25.4 Å². The molecule has 2 N–H and O–H groups in total. The molecule has 0 heterocycles. The van der Waals surface area contributed by atoms with Gasteiger partial charge in [-0.1, -0.05) is 37.3 Å². The molecule has 2 atom stereocenters. The van der Waals surface area contributed by atoms with E-state index in [4.69, 9.17) is 4.74 Å². The van der Waals surface area contributed by atoms with E-state index in [1.54, 1.807) is 0 Å². The number of hydrogen-bond acceptors (Lipinski definition) is 4. The molecule has 0 fully saturated rings. The maximum absolute atomic E-state index is 11.5. The molecule has 0 aromatic heterocycles. The lowest BCUT2D eigenvalue weighted by Gasteiger charge is -2.22. The second-order valence-corrected chi connectivity index (χ2v) is 3.80. The number of hydrogen-bond donors (Lipinski definition) is 2. The molecular weight excluding hydrogens is 218 g/mol. The summed E-state index contributed by atoms with van der Waals surface area (Å²) in [5, 5.41) is 12.5. The van der Waals surface area contributed by atoms with Crippen LogP contribution in [0, 0.1) is 0 Å². The Morgan fingerprint density at radius 3 is 2.53 bits per heavy atom. The third-order valence-electron chi connectivity index (χ3n) is 2.68. The van der Waals surface area contributed by atoms with Crippen molar-refractivity contribution in [2.24, 2.45) is 0 Å². The van der Waals surface area contributed by atoms with E-state index in [1.807, 2.05) is 37.3 Å². The number of methoxy groups -OCH3 is 1. The molecule has 0 saturated heterocycles. The molecule has 4 heteroatoms. The van der Waals surface area contributed by atoms with Gasteiger partial charge in [-0.3, -0.25) is 10.1 Å². The van der Waals surface area contributed by atoms with Gasteiger partial charge < -0.3 is 9.84 Å². The van der Waals surface area contributed by atoms with Crippen molar-refractivity contribution < 1.29 is 14.6 Å². The van der Waals surface area contributed by atoms with Crippen molar-refractivity contribution in [1.82, 2.24) is 5.32 Å². The first-order valence-corrected chi connectivity index (χ1v) is 5.72. The van der Waals surface area contributed by atoms with Gasteiger partial charge in [0.25, 0.3) is 0 Å². The topological polar surface area (TPSA) is 58.6 Å². The fourth-order valence-corrected chi connectivity index (χ4v) is 1.68. The Labute approximate surface area is 102 Å². The Kier molecular flexibility index (Phi) is 5.66. The Morgan fingerprint density at radius 1 is 1.41 bits per heavy atom. The maximum Gasteiger partial charge on any atom is 0.322 e. The third-order valence-corrected chi connectivity index (χ3v) is 2.68. The van der Waals surface area contributed by atoms with Crippen molar-refractivity contribution in [3.63, 3.8) is 0 Å². The number of benzene rings is 1. The van der Waals surface area contributed by atoms with Crippen molar-refractivity contribution in [3.8, 4) is 0 Å². The summed E-state index contributed by atoms with van der Waals surface area (Å²) in [5.41, 5.74) is 0.956. The van der Waals surface area contributed by atoms with E-state index in [-0.39, 0.29) is 18.6 Å². The fraction of sp³-hybridized carbons (Fsp3) is 0.462. The summed E-state index contributed by atoms with van der Waals surface area (Å²) in [6.45, 7) is 1.84. The molecule has 1 aromatic carbocycles. The maximum atomic E-state index is 11.5. The van der Waals surface area contributed by atoms with Crippen LogP contribution in [0.3, 0.4) is 0 Å². The minimum absolute atomic E-state index is 0.0580. The monoisotopic (exact) mass is 237 g/mol. The molecule has 0 bridgehead atoms. The van der Waals surface area contributed by atoms with Crippen LogP contribution >= 0.6 is 0 Å². The molecule has 0 aliphatic heterocycles. The molecule has 1 rings (SSSR count).